The molecule has 1 amide bonds. The van der Waals surface area contributed by atoms with E-state index in [1.165, 1.54) is 6.42 Å². The zero-order valence-corrected chi connectivity index (χ0v) is 10.2. The smallest absolute Gasteiger partial charge is 0.237 e. The fourth-order valence-corrected chi connectivity index (χ4v) is 2.72. The van der Waals surface area contributed by atoms with Crippen LogP contribution in [0, 0.1) is 0 Å². The van der Waals surface area contributed by atoms with Crippen LogP contribution < -0.4 is 16.4 Å². The minimum absolute atomic E-state index is 0.0306. The van der Waals surface area contributed by atoms with E-state index in [4.69, 9.17) is 5.73 Å². The minimum atomic E-state index is -0.686. The number of carbonyl (C=O) groups excluding carboxylic acids is 1. The van der Waals surface area contributed by atoms with E-state index >= 15 is 0 Å². The highest BCUT2D eigenvalue weighted by atomic mass is 16.3. The van der Waals surface area contributed by atoms with Crippen molar-refractivity contribution in [3.63, 3.8) is 0 Å². The molecule has 0 radical (unpaired) electrons. The Morgan fingerprint density at radius 3 is 2.71 bits per heavy atom. The quantitative estimate of drug-likeness (QED) is 0.536. The fraction of sp³-hybridized carbons (Fsp3) is 0.917. The molecule has 0 spiro atoms. The van der Waals surface area contributed by atoms with E-state index in [0.29, 0.717) is 19.5 Å². The summed E-state index contributed by atoms with van der Waals surface area (Å²) in [6, 6.07) is -0.110. The topological polar surface area (TPSA) is 87.4 Å². The molecular weight excluding hydrogens is 218 g/mol. The van der Waals surface area contributed by atoms with Crippen molar-refractivity contribution in [1.29, 1.82) is 0 Å². The van der Waals surface area contributed by atoms with Crippen molar-refractivity contribution in [3.8, 4) is 0 Å². The molecule has 2 atom stereocenters. The lowest BCUT2D eigenvalue weighted by atomic mass is 9.85. The Labute approximate surface area is 102 Å². The summed E-state index contributed by atoms with van der Waals surface area (Å²) in [5.74, 6) is -0.0306. The lowest BCUT2D eigenvalue weighted by Gasteiger charge is -2.32. The maximum Gasteiger partial charge on any atom is 0.237 e. The first-order chi connectivity index (χ1) is 8.09. The second kappa shape index (κ2) is 5.33. The van der Waals surface area contributed by atoms with E-state index < -0.39 is 5.60 Å². The molecule has 0 aromatic carbocycles. The second-order valence-electron chi connectivity index (χ2n) is 5.46. The van der Waals surface area contributed by atoms with Crippen molar-refractivity contribution in [2.45, 2.75) is 56.2 Å². The predicted molar refractivity (Wildman–Crippen MR) is 65.4 cm³/mol. The molecule has 5 nitrogen and oxygen atoms in total. The molecule has 0 unspecified atom stereocenters. The molecule has 1 heterocycles. The molecule has 2 rings (SSSR count). The van der Waals surface area contributed by atoms with Gasteiger partial charge in [-0.15, -0.1) is 0 Å². The van der Waals surface area contributed by atoms with Crippen molar-refractivity contribution >= 4 is 5.91 Å². The van der Waals surface area contributed by atoms with Crippen molar-refractivity contribution < 1.29 is 9.90 Å². The summed E-state index contributed by atoms with van der Waals surface area (Å²) in [4.78, 5) is 11.8. The molecule has 5 N–H and O–H groups in total. The average Bonchev–Trinajstić information content (AvgIpc) is 2.74. The van der Waals surface area contributed by atoms with Gasteiger partial charge in [0.15, 0.2) is 0 Å². The molecule has 0 aromatic heterocycles. The summed E-state index contributed by atoms with van der Waals surface area (Å²) in [5.41, 5.74) is 5.05. The molecule has 17 heavy (non-hydrogen) atoms. The van der Waals surface area contributed by atoms with Gasteiger partial charge in [0, 0.05) is 19.1 Å². The Balaban J connectivity index is 1.75. The summed E-state index contributed by atoms with van der Waals surface area (Å²) in [7, 11) is 0. The van der Waals surface area contributed by atoms with Gasteiger partial charge in [-0.3, -0.25) is 4.79 Å². The van der Waals surface area contributed by atoms with Crippen LogP contribution in [0.15, 0.2) is 0 Å². The largest absolute Gasteiger partial charge is 0.388 e. The van der Waals surface area contributed by atoms with Crippen molar-refractivity contribution in [2.24, 2.45) is 5.73 Å². The van der Waals surface area contributed by atoms with Crippen LogP contribution in [-0.2, 0) is 4.79 Å². The van der Waals surface area contributed by atoms with Gasteiger partial charge in [0.05, 0.1) is 11.6 Å². The normalized spacial score (nSPS) is 32.4. The summed E-state index contributed by atoms with van der Waals surface area (Å²) in [5, 5.41) is 16.2. The first-order valence-corrected chi connectivity index (χ1v) is 6.58. The van der Waals surface area contributed by atoms with Gasteiger partial charge in [0.1, 0.15) is 0 Å². The van der Waals surface area contributed by atoms with Gasteiger partial charge in [0.2, 0.25) is 5.91 Å². The lowest BCUT2D eigenvalue weighted by molar-refractivity contribution is -0.124. The number of amides is 1. The molecule has 0 bridgehead atoms. The first kappa shape index (κ1) is 12.8. The standard InChI is InChI=1S/C12H23N3O2/c13-9-6-10(14-7-9)11(16)15-8-12(17)4-2-1-3-5-12/h9-10,14,17H,1-8,13H2,(H,15,16)/t9-,10+/m1/s1. The number of nitrogens with one attached hydrogen (secondary N) is 2. The Morgan fingerprint density at radius 2 is 2.12 bits per heavy atom. The molecule has 1 aliphatic carbocycles. The van der Waals surface area contributed by atoms with Gasteiger partial charge in [-0.1, -0.05) is 19.3 Å². The van der Waals surface area contributed by atoms with Crippen molar-refractivity contribution in [1.82, 2.24) is 10.6 Å². The zero-order valence-electron chi connectivity index (χ0n) is 10.2. The average molecular weight is 241 g/mol. The number of aliphatic hydroxyl groups is 1. The lowest BCUT2D eigenvalue weighted by Crippen LogP contribution is -2.48. The molecule has 2 aliphatic rings. The third-order valence-corrected chi connectivity index (χ3v) is 3.86. The van der Waals surface area contributed by atoms with Crippen molar-refractivity contribution in [3.05, 3.63) is 0 Å². The molecule has 1 saturated heterocycles. The minimum Gasteiger partial charge on any atom is -0.388 e. The predicted octanol–water partition coefficient (Wildman–Crippen LogP) is -0.513. The van der Waals surface area contributed by atoms with Crippen LogP contribution in [0.3, 0.4) is 0 Å². The van der Waals surface area contributed by atoms with Crippen LogP contribution >= 0.6 is 0 Å². The van der Waals surface area contributed by atoms with E-state index in [-0.39, 0.29) is 18.0 Å². The van der Waals surface area contributed by atoms with Crippen LogP contribution in [0.25, 0.3) is 0 Å². The Morgan fingerprint density at radius 1 is 1.41 bits per heavy atom. The van der Waals surface area contributed by atoms with Crippen molar-refractivity contribution in [2.75, 3.05) is 13.1 Å². The number of nitrogens with two attached hydrogens (primary N) is 1. The molecule has 2 fully saturated rings. The highest BCUT2D eigenvalue weighted by molar-refractivity contribution is 5.82. The van der Waals surface area contributed by atoms with E-state index in [0.717, 1.165) is 25.7 Å². The summed E-state index contributed by atoms with van der Waals surface area (Å²) < 4.78 is 0. The molecule has 98 valence electrons. The third-order valence-electron chi connectivity index (χ3n) is 3.86. The SMILES string of the molecule is N[C@H]1CN[C@H](C(=O)NCC2(O)CCCCC2)C1. The maximum atomic E-state index is 11.8. The van der Waals surface area contributed by atoms with E-state index in [2.05, 4.69) is 10.6 Å². The summed E-state index contributed by atoms with van der Waals surface area (Å²) >= 11 is 0. The van der Waals surface area contributed by atoms with E-state index in [1.807, 2.05) is 0 Å². The fourth-order valence-electron chi connectivity index (χ4n) is 2.72. The monoisotopic (exact) mass is 241 g/mol. The van der Waals surface area contributed by atoms with E-state index in [1.54, 1.807) is 0 Å². The zero-order chi connectivity index (χ0) is 12.3. The highest BCUT2D eigenvalue weighted by Crippen LogP contribution is 2.27. The Hall–Kier alpha value is -0.650. The first-order valence-electron chi connectivity index (χ1n) is 6.58. The maximum absolute atomic E-state index is 11.8. The second-order valence-corrected chi connectivity index (χ2v) is 5.46. The van der Waals surface area contributed by atoms with Crippen LogP contribution in [0.2, 0.25) is 0 Å². The van der Waals surface area contributed by atoms with Gasteiger partial charge < -0.3 is 21.5 Å². The van der Waals surface area contributed by atoms with Gasteiger partial charge in [-0.2, -0.15) is 0 Å². The van der Waals surface area contributed by atoms with Crippen LogP contribution in [0.5, 0.6) is 0 Å². The molecule has 1 saturated carbocycles. The van der Waals surface area contributed by atoms with Crippen LogP contribution in [0.1, 0.15) is 38.5 Å². The summed E-state index contributed by atoms with van der Waals surface area (Å²) in [6.45, 7) is 1.07. The number of hydrogen-bond donors (Lipinski definition) is 4. The van der Waals surface area contributed by atoms with Gasteiger partial charge in [-0.25, -0.2) is 0 Å². The number of carbonyl (C=O) groups is 1. The third kappa shape index (κ3) is 3.40. The Bertz CT molecular complexity index is 277. The molecule has 1 aliphatic heterocycles. The Kier molecular flexibility index (Phi) is 4.01. The number of rotatable bonds is 3. The van der Waals surface area contributed by atoms with Gasteiger partial charge in [-0.05, 0) is 19.3 Å². The molecular formula is C12H23N3O2. The van der Waals surface area contributed by atoms with Gasteiger partial charge >= 0.3 is 0 Å². The summed E-state index contributed by atoms with van der Waals surface area (Å²) in [6.07, 6.45) is 5.58. The van der Waals surface area contributed by atoms with E-state index in [9.17, 15) is 9.90 Å². The highest BCUT2D eigenvalue weighted by Gasteiger charge is 2.32. The number of hydrogen-bond acceptors (Lipinski definition) is 4. The van der Waals surface area contributed by atoms with Crippen LogP contribution in [-0.4, -0.2) is 41.8 Å². The molecule has 0 aromatic rings. The van der Waals surface area contributed by atoms with Crippen LogP contribution in [0.4, 0.5) is 0 Å². The van der Waals surface area contributed by atoms with Gasteiger partial charge in [0.25, 0.3) is 0 Å². The molecule has 5 heteroatoms.